The number of nitrogens with zero attached hydrogens (tertiary/aromatic N) is 4. The van der Waals surface area contributed by atoms with Gasteiger partial charge in [-0.05, 0) is 12.8 Å². The number of halogens is 15. The number of alkyl halides is 15. The number of sulfonamides is 2. The number of Topliss-reactive ketones (excluding diaryl/α,β-unsaturated/α-hetero) is 1. The molecule has 0 radical (unpaired) electrons. The maximum absolute atomic E-state index is 14.1. The molecule has 2 rings (SSSR count). The van der Waals surface area contributed by atoms with E-state index in [2.05, 4.69) is 5.32 Å². The van der Waals surface area contributed by atoms with E-state index in [1.54, 1.807) is 0 Å². The average Bonchev–Trinajstić information content (AvgIpc) is 3.10. The second kappa shape index (κ2) is 17.2. The molecule has 0 spiro atoms. The highest BCUT2D eigenvalue weighted by Gasteiger charge is 2.86. The molecule has 0 saturated carbocycles. The predicted octanol–water partition coefficient (Wildman–Crippen LogP) is 3.27. The SMILES string of the molecule is CC(F)(F)C(F)(F)C(F)(F)S(=O)(=O)N1CCN(C(=O)C(=O)CCCCCCCNC(=O)C(=O)N2CCN(S(=O)(=O)C(F)(F)C(F)(F)C(F)(F)C(F)(F)F)CC2)CC1. The molecular formula is C27H34F15N5O8S2. The van der Waals surface area contributed by atoms with Gasteiger partial charge in [-0.2, -0.15) is 74.5 Å². The Balaban J connectivity index is 1.72. The number of carbonyl (C=O) groups excluding carboxylic acids is 4. The minimum atomic E-state index is -7.46. The van der Waals surface area contributed by atoms with E-state index in [9.17, 15) is 102 Å². The monoisotopic (exact) mass is 905 g/mol. The number of piperazine rings is 2. The van der Waals surface area contributed by atoms with Crippen LogP contribution < -0.4 is 5.32 Å². The van der Waals surface area contributed by atoms with Gasteiger partial charge in [-0.15, -0.1) is 0 Å². The van der Waals surface area contributed by atoms with Crippen LogP contribution in [0, 0.1) is 0 Å². The second-order valence-electron chi connectivity index (χ2n) is 12.7. The number of hydrogen-bond donors (Lipinski definition) is 1. The van der Waals surface area contributed by atoms with Crippen molar-refractivity contribution >= 4 is 43.6 Å². The van der Waals surface area contributed by atoms with Crippen LogP contribution in [0.15, 0.2) is 0 Å². The molecule has 2 saturated heterocycles. The lowest BCUT2D eigenvalue weighted by Crippen LogP contribution is -2.66. The molecule has 332 valence electrons. The zero-order chi connectivity index (χ0) is 44.4. The van der Waals surface area contributed by atoms with E-state index in [4.69, 9.17) is 0 Å². The topological polar surface area (TPSA) is 162 Å². The summed E-state index contributed by atoms with van der Waals surface area (Å²) in [6.07, 6.45) is -6.23. The first-order valence-corrected chi connectivity index (χ1v) is 19.2. The number of unbranched alkanes of at least 4 members (excludes halogenated alkanes) is 4. The molecule has 30 heteroatoms. The van der Waals surface area contributed by atoms with Crippen LogP contribution in [0.3, 0.4) is 0 Å². The first-order valence-electron chi connectivity index (χ1n) is 16.3. The van der Waals surface area contributed by atoms with Gasteiger partial charge in [0.05, 0.1) is 0 Å². The lowest BCUT2D eigenvalue weighted by atomic mass is 10.1. The molecule has 0 aromatic rings. The summed E-state index contributed by atoms with van der Waals surface area (Å²) in [5.74, 6) is -31.4. The summed E-state index contributed by atoms with van der Waals surface area (Å²) >= 11 is 0. The standard InChI is InChI=1S/C27H34F15N5O8S2/c1-21(28,29)22(30,31)26(39,40)56(52,53)46-13-9-44(10-14-46)19(50)17(48)7-5-3-2-4-6-8-43-18(49)20(51)45-11-15-47(16-12-45)57(54,55)27(41,42)24(34,35)23(32,33)25(36,37)38/h2-16H2,1H3,(H,43,49). The Labute approximate surface area is 313 Å². The summed E-state index contributed by atoms with van der Waals surface area (Å²) < 4.78 is 248. The minimum Gasteiger partial charge on any atom is -0.348 e. The van der Waals surface area contributed by atoms with Crippen molar-refractivity contribution in [2.75, 3.05) is 58.9 Å². The van der Waals surface area contributed by atoms with Gasteiger partial charge >= 0.3 is 52.2 Å². The Morgan fingerprint density at radius 1 is 0.509 bits per heavy atom. The zero-order valence-corrected chi connectivity index (χ0v) is 30.8. The third-order valence-electron chi connectivity index (χ3n) is 8.71. The highest BCUT2D eigenvalue weighted by Crippen LogP contribution is 2.55. The zero-order valence-electron chi connectivity index (χ0n) is 29.1. The quantitative estimate of drug-likeness (QED) is 0.132. The highest BCUT2D eigenvalue weighted by molar-refractivity contribution is 7.90. The average molecular weight is 906 g/mol. The normalized spacial score (nSPS) is 18.1. The molecule has 1 N–H and O–H groups in total. The maximum Gasteiger partial charge on any atom is 0.460 e. The van der Waals surface area contributed by atoms with E-state index < -0.39 is 148 Å². The first-order chi connectivity index (χ1) is 25.6. The molecule has 0 aliphatic carbocycles. The van der Waals surface area contributed by atoms with Crippen molar-refractivity contribution in [2.45, 2.75) is 85.8 Å². The van der Waals surface area contributed by atoms with Gasteiger partial charge in [0.2, 0.25) is 5.78 Å². The maximum atomic E-state index is 14.1. The Hall–Kier alpha value is -3.15. The summed E-state index contributed by atoms with van der Waals surface area (Å²) in [5, 5.41) is -11.0. The van der Waals surface area contributed by atoms with Crippen LogP contribution in [0.1, 0.15) is 45.4 Å². The number of amides is 3. The summed E-state index contributed by atoms with van der Waals surface area (Å²) in [6.45, 7) is -8.55. The number of hydrogen-bond acceptors (Lipinski definition) is 8. The molecule has 57 heavy (non-hydrogen) atoms. The van der Waals surface area contributed by atoms with Gasteiger partial charge in [0.1, 0.15) is 0 Å². The van der Waals surface area contributed by atoms with Gasteiger partial charge in [0.25, 0.3) is 26.0 Å². The molecule has 2 fully saturated rings. The van der Waals surface area contributed by atoms with Crippen LogP contribution in [0.2, 0.25) is 0 Å². The Bertz CT molecular complexity index is 1710. The summed E-state index contributed by atoms with van der Waals surface area (Å²) in [4.78, 5) is 50.5. The number of ketones is 1. The fourth-order valence-corrected chi connectivity index (χ4v) is 8.06. The highest BCUT2D eigenvalue weighted by atomic mass is 32.2. The van der Waals surface area contributed by atoms with Crippen LogP contribution in [0.4, 0.5) is 65.9 Å². The molecule has 2 aliphatic rings. The Morgan fingerprint density at radius 2 is 0.877 bits per heavy atom. The van der Waals surface area contributed by atoms with Crippen molar-refractivity contribution in [3.63, 3.8) is 0 Å². The molecule has 0 unspecified atom stereocenters. The third-order valence-corrected chi connectivity index (χ3v) is 12.6. The fourth-order valence-electron chi connectivity index (χ4n) is 5.17. The van der Waals surface area contributed by atoms with Gasteiger partial charge in [0, 0.05) is 72.2 Å². The molecule has 0 aromatic heterocycles. The third kappa shape index (κ3) is 9.67. The van der Waals surface area contributed by atoms with Gasteiger partial charge < -0.3 is 15.1 Å². The first kappa shape index (κ1) is 50.0. The van der Waals surface area contributed by atoms with E-state index in [1.807, 2.05) is 0 Å². The van der Waals surface area contributed by atoms with Crippen molar-refractivity contribution in [1.82, 2.24) is 23.7 Å². The lowest BCUT2D eigenvalue weighted by molar-refractivity contribution is -0.382. The van der Waals surface area contributed by atoms with Gasteiger partial charge in [-0.25, -0.2) is 16.8 Å². The van der Waals surface area contributed by atoms with E-state index >= 15 is 0 Å². The van der Waals surface area contributed by atoms with Gasteiger partial charge in [-0.3, -0.25) is 19.2 Å². The number of carbonyl (C=O) groups is 4. The predicted molar refractivity (Wildman–Crippen MR) is 161 cm³/mol. The molecule has 0 aromatic carbocycles. The van der Waals surface area contributed by atoms with Gasteiger partial charge in [0.15, 0.2) is 0 Å². The molecule has 0 atom stereocenters. The molecule has 0 bridgehead atoms. The molecule has 13 nitrogen and oxygen atoms in total. The Morgan fingerprint density at radius 3 is 1.28 bits per heavy atom. The number of nitrogens with one attached hydrogen (secondary N) is 1. The van der Waals surface area contributed by atoms with Crippen molar-refractivity contribution in [2.24, 2.45) is 0 Å². The molecule has 2 heterocycles. The molecule has 2 aliphatic heterocycles. The van der Waals surface area contributed by atoms with Crippen LogP contribution in [-0.4, -0.2) is 158 Å². The van der Waals surface area contributed by atoms with Crippen molar-refractivity contribution in [1.29, 1.82) is 0 Å². The van der Waals surface area contributed by atoms with Crippen LogP contribution in [-0.2, 0) is 39.2 Å². The molecule has 3 amide bonds. The van der Waals surface area contributed by atoms with E-state index in [-0.39, 0.29) is 30.1 Å². The summed E-state index contributed by atoms with van der Waals surface area (Å²) in [6, 6.07) is 0. The largest absolute Gasteiger partial charge is 0.460 e. The van der Waals surface area contributed by atoms with E-state index in [1.165, 1.54) is 0 Å². The smallest absolute Gasteiger partial charge is 0.348 e. The van der Waals surface area contributed by atoms with E-state index in [0.29, 0.717) is 24.2 Å². The van der Waals surface area contributed by atoms with Crippen LogP contribution in [0.25, 0.3) is 0 Å². The van der Waals surface area contributed by atoms with Crippen LogP contribution in [0.5, 0.6) is 0 Å². The number of rotatable bonds is 17. The molecular weight excluding hydrogens is 871 g/mol. The van der Waals surface area contributed by atoms with Crippen molar-refractivity contribution < 1.29 is 102 Å². The van der Waals surface area contributed by atoms with Crippen molar-refractivity contribution in [3.05, 3.63) is 0 Å². The summed E-state index contributed by atoms with van der Waals surface area (Å²) in [7, 11) is -13.2. The fraction of sp³-hybridized carbons (Fsp3) is 0.852. The van der Waals surface area contributed by atoms with Crippen molar-refractivity contribution in [3.8, 4) is 0 Å². The second-order valence-corrected chi connectivity index (χ2v) is 16.7. The van der Waals surface area contributed by atoms with Gasteiger partial charge in [-0.1, -0.05) is 19.3 Å². The van der Waals surface area contributed by atoms with E-state index in [0.717, 1.165) is 4.90 Å². The van der Waals surface area contributed by atoms with Crippen LogP contribution >= 0.6 is 0 Å². The summed E-state index contributed by atoms with van der Waals surface area (Å²) in [5.41, 5.74) is 0. The Kier molecular flexibility index (Phi) is 15.1. The minimum absolute atomic E-state index is 0.117. The lowest BCUT2D eigenvalue weighted by Gasteiger charge is -2.38.